The van der Waals surface area contributed by atoms with Crippen molar-refractivity contribution in [3.63, 3.8) is 0 Å². The first-order chi connectivity index (χ1) is 7.99. The highest BCUT2D eigenvalue weighted by atomic mass is 79.9. The second-order valence-electron chi connectivity index (χ2n) is 3.52. The lowest BCUT2D eigenvalue weighted by molar-refractivity contribution is 0.104. The van der Waals surface area contributed by atoms with Gasteiger partial charge in [-0.05, 0) is 52.7 Å². The van der Waals surface area contributed by atoms with E-state index in [0.29, 0.717) is 14.8 Å². The fraction of sp³-hybridized carbons (Fsp3) is 0.0833. The molecule has 1 heterocycles. The Morgan fingerprint density at radius 1 is 1.29 bits per heavy atom. The Balaban J connectivity index is 2.43. The summed E-state index contributed by atoms with van der Waals surface area (Å²) >= 11 is 14.0. The largest absolute Gasteiger partial charge is 0.288 e. The molecule has 1 nitrogen and oxygen atoms in total. The monoisotopic (exact) mass is 392 g/mol. The first kappa shape index (κ1) is 13.3. The molecule has 0 atom stereocenters. The molecule has 1 aromatic carbocycles. The predicted molar refractivity (Wildman–Crippen MR) is 79.3 cm³/mol. The van der Waals surface area contributed by atoms with E-state index in [0.717, 1.165) is 14.5 Å². The zero-order valence-electron chi connectivity index (χ0n) is 8.76. The summed E-state index contributed by atoms with van der Waals surface area (Å²) in [7, 11) is 0. The number of ketones is 1. The highest BCUT2D eigenvalue weighted by Crippen LogP contribution is 2.31. The Labute approximate surface area is 125 Å². The molecule has 0 aliphatic carbocycles. The van der Waals surface area contributed by atoms with Crippen LogP contribution in [0.25, 0.3) is 0 Å². The molecule has 0 fully saturated rings. The van der Waals surface area contributed by atoms with E-state index in [1.807, 2.05) is 25.1 Å². The summed E-state index contributed by atoms with van der Waals surface area (Å²) < 4.78 is 2.38. The second-order valence-corrected chi connectivity index (χ2v) is 6.94. The van der Waals surface area contributed by atoms with E-state index in [1.165, 1.54) is 11.3 Å². The molecule has 2 rings (SSSR count). The molecule has 0 amide bonds. The number of hydrogen-bond donors (Lipinski definition) is 0. The van der Waals surface area contributed by atoms with E-state index in [4.69, 9.17) is 11.6 Å². The van der Waals surface area contributed by atoms with Gasteiger partial charge in [-0.15, -0.1) is 11.3 Å². The van der Waals surface area contributed by atoms with Crippen molar-refractivity contribution in [3.05, 3.63) is 53.6 Å². The second kappa shape index (κ2) is 5.22. The Morgan fingerprint density at radius 2 is 2.00 bits per heavy atom. The Kier molecular flexibility index (Phi) is 4.08. The molecule has 0 radical (unpaired) electrons. The van der Waals surface area contributed by atoms with Crippen molar-refractivity contribution in [3.8, 4) is 0 Å². The molecule has 0 saturated carbocycles. The summed E-state index contributed by atoms with van der Waals surface area (Å²) in [4.78, 5) is 12.9. The molecule has 2 aromatic rings. The number of thiophene rings is 1. The van der Waals surface area contributed by atoms with E-state index in [9.17, 15) is 4.79 Å². The molecule has 0 aliphatic heterocycles. The maximum absolute atomic E-state index is 12.3. The average Bonchev–Trinajstić information content (AvgIpc) is 2.58. The number of carbonyl (C=O) groups excluding carboxylic acids is 1. The average molecular weight is 395 g/mol. The number of rotatable bonds is 2. The fourth-order valence-electron chi connectivity index (χ4n) is 1.38. The number of carbonyl (C=O) groups is 1. The smallest absolute Gasteiger partial charge is 0.204 e. The van der Waals surface area contributed by atoms with Gasteiger partial charge in [-0.25, -0.2) is 0 Å². The van der Waals surface area contributed by atoms with E-state index in [-0.39, 0.29) is 5.78 Å². The topological polar surface area (TPSA) is 17.1 Å². The quantitative estimate of drug-likeness (QED) is 0.618. The van der Waals surface area contributed by atoms with Crippen LogP contribution in [-0.2, 0) is 0 Å². The van der Waals surface area contributed by atoms with Crippen LogP contribution in [0.1, 0.15) is 20.8 Å². The van der Waals surface area contributed by atoms with Gasteiger partial charge in [0, 0.05) is 14.5 Å². The maximum atomic E-state index is 12.3. The van der Waals surface area contributed by atoms with Crippen LogP contribution in [0.3, 0.4) is 0 Å². The standard InChI is InChI=1S/C12H7Br2ClOS/c1-6-4-10(17-12(6)15)11(16)8-3-2-7(13)5-9(8)14/h2-5H,1H3. The van der Waals surface area contributed by atoms with Crippen LogP contribution >= 0.6 is 54.8 Å². The van der Waals surface area contributed by atoms with Crippen LogP contribution in [0.5, 0.6) is 0 Å². The van der Waals surface area contributed by atoms with E-state index in [1.54, 1.807) is 6.07 Å². The van der Waals surface area contributed by atoms with Crippen LogP contribution in [-0.4, -0.2) is 5.78 Å². The summed E-state index contributed by atoms with van der Waals surface area (Å²) in [5, 5.41) is 0. The molecular formula is C12H7Br2ClOS. The number of halogens is 3. The van der Waals surface area contributed by atoms with Gasteiger partial charge in [0.2, 0.25) is 5.78 Å². The van der Waals surface area contributed by atoms with Crippen molar-refractivity contribution in [1.29, 1.82) is 0 Å². The molecule has 0 saturated heterocycles. The van der Waals surface area contributed by atoms with Crippen LogP contribution in [0.4, 0.5) is 0 Å². The Bertz CT molecular complexity index is 573. The molecule has 5 heteroatoms. The summed E-state index contributed by atoms with van der Waals surface area (Å²) in [5.74, 6) is -0.00984. The Morgan fingerprint density at radius 3 is 2.53 bits per heavy atom. The number of aryl methyl sites for hydroxylation is 1. The van der Waals surface area contributed by atoms with Crippen molar-refractivity contribution < 1.29 is 4.79 Å². The molecule has 0 unspecified atom stereocenters. The van der Waals surface area contributed by atoms with Gasteiger partial charge in [0.15, 0.2) is 0 Å². The molecule has 0 aliphatic rings. The van der Waals surface area contributed by atoms with Gasteiger partial charge in [0.1, 0.15) is 0 Å². The summed E-state index contributed by atoms with van der Waals surface area (Å²) in [6.45, 7) is 1.90. The molecule has 0 spiro atoms. The van der Waals surface area contributed by atoms with Crippen molar-refractivity contribution in [2.75, 3.05) is 0 Å². The van der Waals surface area contributed by atoms with E-state index in [2.05, 4.69) is 31.9 Å². The first-order valence-corrected chi connectivity index (χ1v) is 7.53. The lowest BCUT2D eigenvalue weighted by Gasteiger charge is -2.02. The molecule has 1 aromatic heterocycles. The van der Waals surface area contributed by atoms with Gasteiger partial charge in [-0.1, -0.05) is 27.5 Å². The van der Waals surface area contributed by atoms with Gasteiger partial charge in [-0.2, -0.15) is 0 Å². The Hall–Kier alpha value is -0.160. The van der Waals surface area contributed by atoms with Gasteiger partial charge >= 0.3 is 0 Å². The normalized spacial score (nSPS) is 10.6. The first-order valence-electron chi connectivity index (χ1n) is 4.74. The SMILES string of the molecule is Cc1cc(C(=O)c2ccc(Br)cc2Br)sc1Cl. The third-order valence-corrected chi connectivity index (χ3v) is 4.96. The fourth-order valence-corrected chi connectivity index (χ4v) is 3.76. The highest BCUT2D eigenvalue weighted by molar-refractivity contribution is 9.11. The van der Waals surface area contributed by atoms with Crippen LogP contribution in [0.15, 0.2) is 33.2 Å². The molecular weight excluding hydrogens is 387 g/mol. The van der Waals surface area contributed by atoms with Gasteiger partial charge in [-0.3, -0.25) is 4.79 Å². The zero-order valence-corrected chi connectivity index (χ0v) is 13.5. The van der Waals surface area contributed by atoms with Crippen molar-refractivity contribution >= 4 is 60.6 Å². The molecule has 17 heavy (non-hydrogen) atoms. The van der Waals surface area contributed by atoms with E-state index >= 15 is 0 Å². The molecule has 0 N–H and O–H groups in total. The van der Waals surface area contributed by atoms with E-state index < -0.39 is 0 Å². The van der Waals surface area contributed by atoms with Gasteiger partial charge in [0.05, 0.1) is 9.21 Å². The maximum Gasteiger partial charge on any atom is 0.204 e. The lowest BCUT2D eigenvalue weighted by atomic mass is 10.1. The predicted octanol–water partition coefficient (Wildman–Crippen LogP) is 5.47. The third kappa shape index (κ3) is 2.81. The van der Waals surface area contributed by atoms with Crippen molar-refractivity contribution in [1.82, 2.24) is 0 Å². The lowest BCUT2D eigenvalue weighted by Crippen LogP contribution is -1.99. The highest BCUT2D eigenvalue weighted by Gasteiger charge is 2.16. The molecule has 0 bridgehead atoms. The van der Waals surface area contributed by atoms with Crippen LogP contribution in [0, 0.1) is 6.92 Å². The van der Waals surface area contributed by atoms with Crippen LogP contribution in [0.2, 0.25) is 4.34 Å². The minimum atomic E-state index is -0.00984. The number of hydrogen-bond acceptors (Lipinski definition) is 2. The third-order valence-electron chi connectivity index (χ3n) is 2.26. The zero-order chi connectivity index (χ0) is 12.6. The minimum Gasteiger partial charge on any atom is -0.288 e. The minimum absolute atomic E-state index is 0.00984. The van der Waals surface area contributed by atoms with Crippen LogP contribution < -0.4 is 0 Å². The summed E-state index contributed by atoms with van der Waals surface area (Å²) in [6.07, 6.45) is 0. The van der Waals surface area contributed by atoms with Gasteiger partial charge < -0.3 is 0 Å². The van der Waals surface area contributed by atoms with Crippen molar-refractivity contribution in [2.45, 2.75) is 6.92 Å². The summed E-state index contributed by atoms with van der Waals surface area (Å²) in [5.41, 5.74) is 1.58. The molecule has 88 valence electrons. The van der Waals surface area contributed by atoms with Crippen molar-refractivity contribution in [2.24, 2.45) is 0 Å². The summed E-state index contributed by atoms with van der Waals surface area (Å²) in [6, 6.07) is 7.32. The number of benzene rings is 1. The van der Waals surface area contributed by atoms with Gasteiger partial charge in [0.25, 0.3) is 0 Å².